The Bertz CT molecular complexity index is 722. The van der Waals surface area contributed by atoms with Crippen molar-refractivity contribution in [1.82, 2.24) is 14.9 Å². The van der Waals surface area contributed by atoms with E-state index in [0.29, 0.717) is 36.4 Å². The summed E-state index contributed by atoms with van der Waals surface area (Å²) < 4.78 is 26.6. The Morgan fingerprint density at radius 1 is 1.39 bits per heavy atom. The number of sulfonamides is 1. The lowest BCUT2D eigenvalue weighted by molar-refractivity contribution is 0.191. The molecule has 2 heterocycles. The minimum Gasteiger partial charge on any atom is -0.386 e. The lowest BCUT2D eigenvalue weighted by Gasteiger charge is -2.32. The highest BCUT2D eigenvalue weighted by atomic mass is 127. The maximum atomic E-state index is 12.2. The number of nitrogens with one attached hydrogen (secondary N) is 2. The molecule has 3 N–H and O–H groups in total. The molecule has 0 amide bonds. The van der Waals surface area contributed by atoms with E-state index in [1.807, 2.05) is 13.8 Å². The van der Waals surface area contributed by atoms with Crippen molar-refractivity contribution in [2.24, 2.45) is 4.99 Å². The van der Waals surface area contributed by atoms with Gasteiger partial charge in [-0.2, -0.15) is 0 Å². The highest BCUT2D eigenvalue weighted by molar-refractivity contribution is 14.0. The van der Waals surface area contributed by atoms with E-state index in [-0.39, 0.29) is 42.3 Å². The van der Waals surface area contributed by atoms with E-state index < -0.39 is 16.1 Å². The van der Waals surface area contributed by atoms with Crippen LogP contribution in [0, 0.1) is 0 Å². The van der Waals surface area contributed by atoms with Crippen LogP contribution in [-0.4, -0.2) is 61.8 Å². The largest absolute Gasteiger partial charge is 0.386 e. The molecule has 0 radical (unpaired) electrons. The Balaban J connectivity index is 0.00000392. The molecule has 1 unspecified atom stereocenters. The number of rotatable bonds is 8. The van der Waals surface area contributed by atoms with E-state index in [4.69, 9.17) is 11.6 Å². The molecule has 162 valence electrons. The van der Waals surface area contributed by atoms with Gasteiger partial charge in [0.2, 0.25) is 10.0 Å². The summed E-state index contributed by atoms with van der Waals surface area (Å²) in [7, 11) is -3.13. The van der Waals surface area contributed by atoms with Crippen LogP contribution in [0.4, 0.5) is 0 Å². The number of aliphatic hydroxyl groups is 1. The van der Waals surface area contributed by atoms with Gasteiger partial charge in [-0.3, -0.25) is 4.99 Å². The number of piperidine rings is 1. The molecule has 0 bridgehead atoms. The zero-order chi connectivity index (χ0) is 19.9. The summed E-state index contributed by atoms with van der Waals surface area (Å²) in [6, 6.07) is 3.72. The molecule has 11 heteroatoms. The first-order chi connectivity index (χ1) is 12.9. The molecule has 0 aromatic carbocycles. The second-order valence-electron chi connectivity index (χ2n) is 6.51. The van der Waals surface area contributed by atoms with E-state index in [1.165, 1.54) is 11.3 Å². The van der Waals surface area contributed by atoms with Crippen LogP contribution in [0.3, 0.4) is 0 Å². The average molecular weight is 565 g/mol. The van der Waals surface area contributed by atoms with Crippen LogP contribution < -0.4 is 10.6 Å². The van der Waals surface area contributed by atoms with Crippen molar-refractivity contribution in [3.8, 4) is 0 Å². The maximum Gasteiger partial charge on any atom is 0.214 e. The van der Waals surface area contributed by atoms with Gasteiger partial charge < -0.3 is 15.7 Å². The molecule has 2 rings (SSSR count). The van der Waals surface area contributed by atoms with Crippen molar-refractivity contribution in [2.75, 3.05) is 31.9 Å². The lowest BCUT2D eigenvalue weighted by Crippen LogP contribution is -2.50. The fourth-order valence-corrected chi connectivity index (χ4v) is 5.53. The van der Waals surface area contributed by atoms with Crippen molar-refractivity contribution in [2.45, 2.75) is 45.3 Å². The molecule has 7 nitrogen and oxygen atoms in total. The second kappa shape index (κ2) is 12.5. The molecular weight excluding hydrogens is 535 g/mol. The van der Waals surface area contributed by atoms with Crippen molar-refractivity contribution in [1.29, 1.82) is 0 Å². The predicted molar refractivity (Wildman–Crippen MR) is 127 cm³/mol. The smallest absolute Gasteiger partial charge is 0.214 e. The van der Waals surface area contributed by atoms with Gasteiger partial charge in [-0.25, -0.2) is 12.7 Å². The first-order valence-electron chi connectivity index (χ1n) is 9.31. The molecule has 1 aliphatic rings. The first-order valence-corrected chi connectivity index (χ1v) is 12.1. The van der Waals surface area contributed by atoms with Gasteiger partial charge in [-0.1, -0.05) is 18.5 Å². The molecule has 0 aliphatic carbocycles. The Hall–Kier alpha value is -0.140. The van der Waals surface area contributed by atoms with Crippen LogP contribution in [0.25, 0.3) is 0 Å². The number of hydrogen-bond acceptors (Lipinski definition) is 5. The van der Waals surface area contributed by atoms with Crippen molar-refractivity contribution in [3.63, 3.8) is 0 Å². The molecule has 1 aromatic rings. The van der Waals surface area contributed by atoms with Crippen molar-refractivity contribution in [3.05, 3.63) is 21.3 Å². The molecular formula is C17H30ClIN4O3S2. The topological polar surface area (TPSA) is 94.0 Å². The zero-order valence-electron chi connectivity index (χ0n) is 16.2. The Morgan fingerprint density at radius 2 is 2.07 bits per heavy atom. The van der Waals surface area contributed by atoms with E-state index in [2.05, 4.69) is 15.6 Å². The molecule has 0 saturated carbocycles. The summed E-state index contributed by atoms with van der Waals surface area (Å²) in [6.07, 6.45) is 1.40. The third-order valence-corrected chi connectivity index (χ3v) is 7.75. The number of hydrogen-bond donors (Lipinski definition) is 3. The normalized spacial score (nSPS) is 17.8. The van der Waals surface area contributed by atoms with Crippen LogP contribution in [0.1, 0.15) is 44.1 Å². The number of halogens is 2. The standard InChI is InChI=1S/C17H29ClN4O3S2.HI/c1-3-11-27(24,25)22-9-7-13(8-10-22)21-17(19-4-2)20-12-14(23)15-5-6-16(18)26-15;/h5-6,13-14,23H,3-4,7-12H2,1-2H3,(H2,19,20,21);1H. The van der Waals surface area contributed by atoms with Gasteiger partial charge in [-0.15, -0.1) is 35.3 Å². The SMILES string of the molecule is CCCS(=O)(=O)N1CCC(NC(=NCC(O)c2ccc(Cl)s2)NCC)CC1.I. The van der Waals surface area contributed by atoms with Crippen molar-refractivity contribution >= 4 is 62.9 Å². The number of aliphatic hydroxyl groups excluding tert-OH is 1. The quantitative estimate of drug-likeness (QED) is 0.257. The highest BCUT2D eigenvalue weighted by Crippen LogP contribution is 2.27. The van der Waals surface area contributed by atoms with Gasteiger partial charge >= 0.3 is 0 Å². The van der Waals surface area contributed by atoms with Gasteiger partial charge in [0, 0.05) is 30.6 Å². The summed E-state index contributed by atoms with van der Waals surface area (Å²) in [6.45, 7) is 5.84. The van der Waals surface area contributed by atoms with Gasteiger partial charge in [-0.05, 0) is 38.3 Å². The second-order valence-corrected chi connectivity index (χ2v) is 10.3. The number of guanidine groups is 1. The minimum absolute atomic E-state index is 0. The van der Waals surface area contributed by atoms with Gasteiger partial charge in [0.05, 0.1) is 16.6 Å². The summed E-state index contributed by atoms with van der Waals surface area (Å²) in [5, 5.41) is 16.8. The number of aliphatic imine (C=N–C) groups is 1. The van der Waals surface area contributed by atoms with Gasteiger partial charge in [0.1, 0.15) is 6.10 Å². The van der Waals surface area contributed by atoms with Crippen LogP contribution >= 0.6 is 46.9 Å². The van der Waals surface area contributed by atoms with Crippen LogP contribution in [-0.2, 0) is 10.0 Å². The van der Waals surface area contributed by atoms with Crippen LogP contribution in [0.15, 0.2) is 17.1 Å². The number of nitrogens with zero attached hydrogens (tertiary/aromatic N) is 2. The van der Waals surface area contributed by atoms with E-state index >= 15 is 0 Å². The molecule has 1 atom stereocenters. The summed E-state index contributed by atoms with van der Waals surface area (Å²) >= 11 is 7.26. The summed E-state index contributed by atoms with van der Waals surface area (Å²) in [5.41, 5.74) is 0. The van der Waals surface area contributed by atoms with E-state index in [9.17, 15) is 13.5 Å². The summed E-state index contributed by atoms with van der Waals surface area (Å²) in [5.74, 6) is 0.842. The molecule has 1 fully saturated rings. The first kappa shape index (κ1) is 25.9. The highest BCUT2D eigenvalue weighted by Gasteiger charge is 2.27. The van der Waals surface area contributed by atoms with Crippen LogP contribution in [0.2, 0.25) is 4.34 Å². The van der Waals surface area contributed by atoms with E-state index in [0.717, 1.165) is 17.7 Å². The average Bonchev–Trinajstić information content (AvgIpc) is 3.06. The lowest BCUT2D eigenvalue weighted by atomic mass is 10.1. The fourth-order valence-electron chi connectivity index (χ4n) is 2.95. The van der Waals surface area contributed by atoms with Gasteiger partial charge in [0.25, 0.3) is 0 Å². The predicted octanol–water partition coefficient (Wildman–Crippen LogP) is 2.81. The Morgan fingerprint density at radius 3 is 2.61 bits per heavy atom. The Kier molecular flexibility index (Phi) is 11.6. The Labute approximate surface area is 194 Å². The monoisotopic (exact) mass is 564 g/mol. The fraction of sp³-hybridized carbons (Fsp3) is 0.706. The molecule has 0 spiro atoms. The molecule has 1 saturated heterocycles. The van der Waals surface area contributed by atoms with E-state index in [1.54, 1.807) is 16.4 Å². The molecule has 1 aromatic heterocycles. The molecule has 1 aliphatic heterocycles. The maximum absolute atomic E-state index is 12.2. The summed E-state index contributed by atoms with van der Waals surface area (Å²) in [4.78, 5) is 5.25. The number of thiophene rings is 1. The van der Waals surface area contributed by atoms with Crippen molar-refractivity contribution < 1.29 is 13.5 Å². The minimum atomic E-state index is -3.13. The molecule has 28 heavy (non-hydrogen) atoms. The van der Waals surface area contributed by atoms with Gasteiger partial charge in [0.15, 0.2) is 5.96 Å². The van der Waals surface area contributed by atoms with Crippen LogP contribution in [0.5, 0.6) is 0 Å². The third-order valence-electron chi connectivity index (χ3n) is 4.34. The third kappa shape index (κ3) is 7.94. The zero-order valence-corrected chi connectivity index (χ0v) is 20.9.